The average Bonchev–Trinajstić information content (AvgIpc) is 2.42. The van der Waals surface area contributed by atoms with E-state index in [4.69, 9.17) is 0 Å². The van der Waals surface area contributed by atoms with Crippen LogP contribution in [0.5, 0.6) is 0 Å². The summed E-state index contributed by atoms with van der Waals surface area (Å²) in [5.41, 5.74) is 0.110. The molecule has 1 aromatic carbocycles. The van der Waals surface area contributed by atoms with Crippen molar-refractivity contribution in [1.29, 1.82) is 0 Å². The van der Waals surface area contributed by atoms with E-state index >= 15 is 0 Å². The van der Waals surface area contributed by atoms with Gasteiger partial charge in [-0.25, -0.2) is 4.79 Å². The molecule has 1 aromatic rings. The molecule has 0 aliphatic heterocycles. The Morgan fingerprint density at radius 3 is 2.24 bits per heavy atom. The fourth-order valence-corrected chi connectivity index (χ4v) is 1.69. The lowest BCUT2D eigenvalue weighted by atomic mass is 10.1. The minimum absolute atomic E-state index is 0.0939. The molecule has 0 saturated carbocycles. The molecule has 4 nitrogen and oxygen atoms in total. The van der Waals surface area contributed by atoms with Crippen molar-refractivity contribution in [2.24, 2.45) is 0 Å². The fraction of sp³-hybridized carbons (Fsp3) is 0.500. The second-order valence-corrected chi connectivity index (χ2v) is 4.92. The standard InChI is InChI=1S/C14H20F3N3O/c1-10(18-8-9-19-13(21)20(2)3)11-4-6-12(7-5-11)14(15,16)17/h4-7,10,18H,8-9H2,1-3H3,(H,19,21). The van der Waals surface area contributed by atoms with Gasteiger partial charge in [0.25, 0.3) is 0 Å². The van der Waals surface area contributed by atoms with Gasteiger partial charge in [-0.2, -0.15) is 13.2 Å². The smallest absolute Gasteiger partial charge is 0.337 e. The summed E-state index contributed by atoms with van der Waals surface area (Å²) in [5.74, 6) is 0. The third kappa shape index (κ3) is 5.63. The van der Waals surface area contributed by atoms with Gasteiger partial charge >= 0.3 is 12.2 Å². The molecular formula is C14H20F3N3O. The van der Waals surface area contributed by atoms with E-state index in [2.05, 4.69) is 10.6 Å². The quantitative estimate of drug-likeness (QED) is 0.821. The molecule has 0 heterocycles. The number of nitrogens with one attached hydrogen (secondary N) is 2. The molecule has 1 rings (SSSR count). The summed E-state index contributed by atoms with van der Waals surface area (Å²) >= 11 is 0. The molecule has 2 N–H and O–H groups in total. The zero-order chi connectivity index (χ0) is 16.0. The summed E-state index contributed by atoms with van der Waals surface area (Å²) in [5, 5.41) is 5.83. The van der Waals surface area contributed by atoms with E-state index in [9.17, 15) is 18.0 Å². The number of urea groups is 1. The maximum atomic E-state index is 12.5. The first-order chi connectivity index (χ1) is 9.71. The Labute approximate surface area is 122 Å². The van der Waals surface area contributed by atoms with Crippen LogP contribution in [0.25, 0.3) is 0 Å². The predicted octanol–water partition coefficient (Wildman–Crippen LogP) is 2.63. The third-order valence-corrected chi connectivity index (χ3v) is 3.00. The molecule has 0 bridgehead atoms. The molecular weight excluding hydrogens is 283 g/mol. The monoisotopic (exact) mass is 303 g/mol. The maximum Gasteiger partial charge on any atom is 0.416 e. The molecule has 21 heavy (non-hydrogen) atoms. The van der Waals surface area contributed by atoms with Crippen molar-refractivity contribution in [3.05, 3.63) is 35.4 Å². The molecule has 0 radical (unpaired) electrons. The van der Waals surface area contributed by atoms with Gasteiger partial charge in [0, 0.05) is 33.2 Å². The molecule has 0 aliphatic rings. The van der Waals surface area contributed by atoms with E-state index in [1.807, 2.05) is 6.92 Å². The van der Waals surface area contributed by atoms with Gasteiger partial charge in [0.15, 0.2) is 0 Å². The van der Waals surface area contributed by atoms with Gasteiger partial charge < -0.3 is 15.5 Å². The average molecular weight is 303 g/mol. The second-order valence-electron chi connectivity index (χ2n) is 4.92. The zero-order valence-corrected chi connectivity index (χ0v) is 12.3. The van der Waals surface area contributed by atoms with Crippen molar-refractivity contribution in [2.75, 3.05) is 27.2 Å². The molecule has 118 valence electrons. The molecule has 0 aromatic heterocycles. The lowest BCUT2D eigenvalue weighted by Crippen LogP contribution is -2.38. The van der Waals surface area contributed by atoms with Crippen molar-refractivity contribution in [2.45, 2.75) is 19.1 Å². The molecule has 2 amide bonds. The number of nitrogens with zero attached hydrogens (tertiary/aromatic N) is 1. The van der Waals surface area contributed by atoms with Crippen LogP contribution in [0, 0.1) is 0 Å². The van der Waals surface area contributed by atoms with Crippen LogP contribution < -0.4 is 10.6 Å². The van der Waals surface area contributed by atoms with Crippen LogP contribution >= 0.6 is 0 Å². The molecule has 1 atom stereocenters. The summed E-state index contributed by atoms with van der Waals surface area (Å²) in [6, 6.07) is 4.78. The Morgan fingerprint density at radius 2 is 1.76 bits per heavy atom. The third-order valence-electron chi connectivity index (χ3n) is 3.00. The molecule has 0 aliphatic carbocycles. The second kappa shape index (κ2) is 7.31. The number of benzene rings is 1. The molecule has 0 fully saturated rings. The Kier molecular flexibility index (Phi) is 6.02. The van der Waals surface area contributed by atoms with Gasteiger partial charge in [0.1, 0.15) is 0 Å². The van der Waals surface area contributed by atoms with Crippen molar-refractivity contribution < 1.29 is 18.0 Å². The van der Waals surface area contributed by atoms with E-state index in [0.717, 1.165) is 17.7 Å². The van der Waals surface area contributed by atoms with Crippen LogP contribution in [0.3, 0.4) is 0 Å². The number of amides is 2. The normalized spacial score (nSPS) is 12.9. The number of rotatable bonds is 5. The van der Waals surface area contributed by atoms with Gasteiger partial charge in [-0.05, 0) is 24.6 Å². The van der Waals surface area contributed by atoms with Gasteiger partial charge in [-0.1, -0.05) is 12.1 Å². The molecule has 1 unspecified atom stereocenters. The lowest BCUT2D eigenvalue weighted by molar-refractivity contribution is -0.137. The summed E-state index contributed by atoms with van der Waals surface area (Å²) in [6.45, 7) is 2.83. The maximum absolute atomic E-state index is 12.5. The topological polar surface area (TPSA) is 44.4 Å². The summed E-state index contributed by atoms with van der Waals surface area (Å²) in [4.78, 5) is 12.7. The van der Waals surface area contributed by atoms with E-state index in [-0.39, 0.29) is 12.1 Å². The molecule has 7 heteroatoms. The van der Waals surface area contributed by atoms with Gasteiger partial charge in [0.05, 0.1) is 5.56 Å². The van der Waals surface area contributed by atoms with Crippen LogP contribution in [0.1, 0.15) is 24.1 Å². The summed E-state index contributed by atoms with van der Waals surface area (Å²) < 4.78 is 37.4. The van der Waals surface area contributed by atoms with Crippen molar-refractivity contribution in [3.8, 4) is 0 Å². The Morgan fingerprint density at radius 1 is 1.19 bits per heavy atom. The van der Waals surface area contributed by atoms with Crippen LogP contribution in [-0.2, 0) is 6.18 Å². The van der Waals surface area contributed by atoms with Gasteiger partial charge in [-0.15, -0.1) is 0 Å². The zero-order valence-electron chi connectivity index (χ0n) is 12.3. The first-order valence-electron chi connectivity index (χ1n) is 6.57. The molecule has 0 saturated heterocycles. The van der Waals surface area contributed by atoms with Gasteiger partial charge in [-0.3, -0.25) is 0 Å². The highest BCUT2D eigenvalue weighted by molar-refractivity contribution is 5.73. The number of hydrogen-bond donors (Lipinski definition) is 2. The van der Waals surface area contributed by atoms with Crippen LogP contribution in [0.2, 0.25) is 0 Å². The minimum atomic E-state index is -4.31. The van der Waals surface area contributed by atoms with Crippen molar-refractivity contribution in [3.63, 3.8) is 0 Å². The summed E-state index contributed by atoms with van der Waals surface area (Å²) in [6.07, 6.45) is -4.31. The Bertz CT molecular complexity index is 458. The SMILES string of the molecule is CC(NCCNC(=O)N(C)C)c1ccc(C(F)(F)F)cc1. The largest absolute Gasteiger partial charge is 0.416 e. The predicted molar refractivity (Wildman–Crippen MR) is 74.9 cm³/mol. The summed E-state index contributed by atoms with van der Waals surface area (Å²) in [7, 11) is 3.29. The van der Waals surface area contributed by atoms with Crippen LogP contribution in [0.4, 0.5) is 18.0 Å². The fourth-order valence-electron chi connectivity index (χ4n) is 1.69. The highest BCUT2D eigenvalue weighted by Gasteiger charge is 2.30. The van der Waals surface area contributed by atoms with Crippen molar-refractivity contribution in [1.82, 2.24) is 15.5 Å². The van der Waals surface area contributed by atoms with E-state index in [1.165, 1.54) is 17.0 Å². The number of halogens is 3. The number of carbonyl (C=O) groups excluding carboxylic acids is 1. The van der Waals surface area contributed by atoms with E-state index in [1.54, 1.807) is 14.1 Å². The Hall–Kier alpha value is -1.76. The van der Waals surface area contributed by atoms with E-state index < -0.39 is 11.7 Å². The highest BCUT2D eigenvalue weighted by atomic mass is 19.4. The minimum Gasteiger partial charge on any atom is -0.337 e. The van der Waals surface area contributed by atoms with Gasteiger partial charge in [0.2, 0.25) is 0 Å². The first-order valence-corrected chi connectivity index (χ1v) is 6.57. The van der Waals surface area contributed by atoms with Crippen LogP contribution in [0.15, 0.2) is 24.3 Å². The van der Waals surface area contributed by atoms with Crippen LogP contribution in [-0.4, -0.2) is 38.1 Å². The molecule has 0 spiro atoms. The highest BCUT2D eigenvalue weighted by Crippen LogP contribution is 2.29. The Balaban J connectivity index is 2.42. The first kappa shape index (κ1) is 17.3. The van der Waals surface area contributed by atoms with Crippen molar-refractivity contribution >= 4 is 6.03 Å². The van der Waals surface area contributed by atoms with E-state index in [0.29, 0.717) is 13.1 Å². The number of carbonyl (C=O) groups is 1. The number of hydrogen-bond acceptors (Lipinski definition) is 2. The lowest BCUT2D eigenvalue weighted by Gasteiger charge is -2.16. The number of alkyl halides is 3.